The molecule has 1 aromatic heterocycles. The van der Waals surface area contributed by atoms with Gasteiger partial charge in [0.25, 0.3) is 0 Å². The van der Waals surface area contributed by atoms with E-state index in [0.29, 0.717) is 6.42 Å². The molecule has 0 saturated heterocycles. The fourth-order valence-corrected chi connectivity index (χ4v) is 1.29. The van der Waals surface area contributed by atoms with Gasteiger partial charge < -0.3 is 10.8 Å². The van der Waals surface area contributed by atoms with E-state index < -0.39 is 5.97 Å². The van der Waals surface area contributed by atoms with E-state index >= 15 is 0 Å². The van der Waals surface area contributed by atoms with E-state index in [0.717, 1.165) is 10.2 Å². The maximum Gasteiger partial charge on any atom is 0.303 e. The molecule has 1 rings (SSSR count). The van der Waals surface area contributed by atoms with Crippen molar-refractivity contribution in [3.8, 4) is 0 Å². The van der Waals surface area contributed by atoms with Crippen LogP contribution in [0.25, 0.3) is 0 Å². The summed E-state index contributed by atoms with van der Waals surface area (Å²) in [6.07, 6.45) is 2.16. The average molecular weight is 259 g/mol. The van der Waals surface area contributed by atoms with E-state index in [2.05, 4.69) is 20.9 Å². The smallest absolute Gasteiger partial charge is 0.303 e. The fraction of sp³-hybridized carbons (Fsp3) is 0.333. The molecule has 14 heavy (non-hydrogen) atoms. The Hall–Kier alpha value is -0.940. The van der Waals surface area contributed by atoms with Crippen molar-refractivity contribution in [1.82, 2.24) is 4.98 Å². The number of aliphatic carboxylic acids is 1. The molecular formula is C9H11BrN2O2. The number of carbonyl (C=O) groups is 1. The minimum Gasteiger partial charge on any atom is -0.481 e. The molecule has 1 heterocycles. The van der Waals surface area contributed by atoms with Gasteiger partial charge in [-0.1, -0.05) is 6.07 Å². The van der Waals surface area contributed by atoms with E-state index in [9.17, 15) is 4.79 Å². The lowest BCUT2D eigenvalue weighted by Crippen LogP contribution is -2.12. The van der Waals surface area contributed by atoms with Crippen LogP contribution in [-0.4, -0.2) is 16.1 Å². The number of carboxylic acid groups (broad SMARTS) is 1. The summed E-state index contributed by atoms with van der Waals surface area (Å²) in [7, 11) is 0. The van der Waals surface area contributed by atoms with Crippen LogP contribution >= 0.6 is 15.9 Å². The van der Waals surface area contributed by atoms with E-state index in [4.69, 9.17) is 10.8 Å². The second-order valence-corrected chi connectivity index (χ2v) is 3.77. The van der Waals surface area contributed by atoms with Crippen LogP contribution in [0.15, 0.2) is 22.9 Å². The number of pyridine rings is 1. The van der Waals surface area contributed by atoms with Gasteiger partial charge >= 0.3 is 5.97 Å². The zero-order valence-electron chi connectivity index (χ0n) is 7.48. The Balaban J connectivity index is 2.56. The van der Waals surface area contributed by atoms with Crippen LogP contribution in [0, 0.1) is 0 Å². The van der Waals surface area contributed by atoms with Crippen molar-refractivity contribution in [3.05, 3.63) is 28.5 Å². The molecule has 0 spiro atoms. The maximum atomic E-state index is 10.3. The maximum absolute atomic E-state index is 10.3. The van der Waals surface area contributed by atoms with Gasteiger partial charge in [-0.15, -0.1) is 0 Å². The molecule has 1 atom stereocenters. The van der Waals surface area contributed by atoms with Crippen LogP contribution in [0.3, 0.4) is 0 Å². The van der Waals surface area contributed by atoms with E-state index in [1.807, 2.05) is 6.07 Å². The van der Waals surface area contributed by atoms with Gasteiger partial charge in [-0.25, -0.2) is 4.98 Å². The molecule has 0 aliphatic carbocycles. The summed E-state index contributed by atoms with van der Waals surface area (Å²) in [6.45, 7) is 0. The fourth-order valence-electron chi connectivity index (χ4n) is 1.05. The molecule has 0 fully saturated rings. The molecule has 0 amide bonds. The molecule has 0 radical (unpaired) electrons. The van der Waals surface area contributed by atoms with Crippen LogP contribution in [0.2, 0.25) is 0 Å². The number of nitrogens with two attached hydrogens (primary N) is 1. The first-order valence-electron chi connectivity index (χ1n) is 4.18. The first-order chi connectivity index (χ1) is 6.59. The minimum atomic E-state index is -0.828. The number of hydrogen-bond acceptors (Lipinski definition) is 3. The normalized spacial score (nSPS) is 12.4. The lowest BCUT2D eigenvalue weighted by Gasteiger charge is -2.09. The van der Waals surface area contributed by atoms with Gasteiger partial charge in [0.1, 0.15) is 4.60 Å². The number of halogens is 1. The van der Waals surface area contributed by atoms with Crippen molar-refractivity contribution < 1.29 is 9.90 Å². The monoisotopic (exact) mass is 258 g/mol. The van der Waals surface area contributed by atoms with Crippen molar-refractivity contribution in [2.45, 2.75) is 18.9 Å². The van der Waals surface area contributed by atoms with Gasteiger partial charge in [-0.3, -0.25) is 4.79 Å². The number of carboxylic acids is 1. The highest BCUT2D eigenvalue weighted by atomic mass is 79.9. The molecule has 5 heteroatoms. The Bertz CT molecular complexity index is 313. The summed E-state index contributed by atoms with van der Waals surface area (Å²) in [5.74, 6) is -0.828. The molecule has 0 bridgehead atoms. The SMILES string of the molecule is NC(CCC(=O)O)c1ccc(Br)nc1. The minimum absolute atomic E-state index is 0.0806. The standard InChI is InChI=1S/C9H11BrN2O2/c10-8-3-1-6(5-12-8)7(11)2-4-9(13)14/h1,3,5,7H,2,4,11H2,(H,13,14). The van der Waals surface area contributed by atoms with Crippen LogP contribution in [0.5, 0.6) is 0 Å². The van der Waals surface area contributed by atoms with Gasteiger partial charge in [0.05, 0.1) is 0 Å². The molecule has 0 aliphatic rings. The highest BCUT2D eigenvalue weighted by Gasteiger charge is 2.08. The van der Waals surface area contributed by atoms with Crippen molar-refractivity contribution in [1.29, 1.82) is 0 Å². The quantitative estimate of drug-likeness (QED) is 0.807. The summed E-state index contributed by atoms with van der Waals surface area (Å²) in [6, 6.07) is 3.37. The molecule has 0 saturated carbocycles. The predicted octanol–water partition coefficient (Wildman–Crippen LogP) is 1.71. The van der Waals surface area contributed by atoms with Crippen molar-refractivity contribution in [3.63, 3.8) is 0 Å². The Morgan fingerprint density at radius 2 is 2.36 bits per heavy atom. The molecule has 76 valence electrons. The lowest BCUT2D eigenvalue weighted by atomic mass is 10.1. The molecule has 3 N–H and O–H groups in total. The predicted molar refractivity (Wildman–Crippen MR) is 55.7 cm³/mol. The second kappa shape index (κ2) is 5.07. The van der Waals surface area contributed by atoms with Crippen molar-refractivity contribution >= 4 is 21.9 Å². The van der Waals surface area contributed by atoms with E-state index in [1.54, 1.807) is 12.3 Å². The topological polar surface area (TPSA) is 76.2 Å². The van der Waals surface area contributed by atoms with Crippen LogP contribution in [-0.2, 0) is 4.79 Å². The Labute approximate surface area is 90.3 Å². The van der Waals surface area contributed by atoms with E-state index in [1.165, 1.54) is 0 Å². The highest BCUT2D eigenvalue weighted by molar-refractivity contribution is 9.10. The summed E-state index contributed by atoms with van der Waals surface area (Å²) in [5.41, 5.74) is 6.63. The van der Waals surface area contributed by atoms with Crippen LogP contribution in [0.1, 0.15) is 24.4 Å². The van der Waals surface area contributed by atoms with Crippen molar-refractivity contribution in [2.24, 2.45) is 5.73 Å². The molecule has 1 aromatic rings. The van der Waals surface area contributed by atoms with Crippen molar-refractivity contribution in [2.75, 3.05) is 0 Å². The molecule has 4 nitrogen and oxygen atoms in total. The Kier molecular flexibility index (Phi) is 4.03. The second-order valence-electron chi connectivity index (χ2n) is 2.95. The van der Waals surface area contributed by atoms with Gasteiger partial charge in [0.15, 0.2) is 0 Å². The first-order valence-corrected chi connectivity index (χ1v) is 4.97. The molecule has 0 aromatic carbocycles. The summed E-state index contributed by atoms with van der Waals surface area (Å²) in [5, 5.41) is 8.47. The Morgan fingerprint density at radius 3 is 2.86 bits per heavy atom. The van der Waals surface area contributed by atoms with E-state index in [-0.39, 0.29) is 12.5 Å². The summed E-state index contributed by atoms with van der Waals surface area (Å²) >= 11 is 3.21. The largest absolute Gasteiger partial charge is 0.481 e. The van der Waals surface area contributed by atoms with Gasteiger partial charge in [0.2, 0.25) is 0 Å². The van der Waals surface area contributed by atoms with Crippen LogP contribution < -0.4 is 5.73 Å². The number of nitrogens with zero attached hydrogens (tertiary/aromatic N) is 1. The summed E-state index contributed by atoms with van der Waals surface area (Å²) in [4.78, 5) is 14.3. The molecule has 1 unspecified atom stereocenters. The van der Waals surface area contributed by atoms with Gasteiger partial charge in [-0.05, 0) is 34.0 Å². The lowest BCUT2D eigenvalue weighted by molar-refractivity contribution is -0.137. The molecular weight excluding hydrogens is 248 g/mol. The zero-order chi connectivity index (χ0) is 10.6. The van der Waals surface area contributed by atoms with Gasteiger partial charge in [0, 0.05) is 18.7 Å². The average Bonchev–Trinajstić information content (AvgIpc) is 2.15. The number of hydrogen-bond donors (Lipinski definition) is 2. The highest BCUT2D eigenvalue weighted by Crippen LogP contribution is 2.16. The first kappa shape index (κ1) is 11.1. The van der Waals surface area contributed by atoms with Gasteiger partial charge in [-0.2, -0.15) is 0 Å². The summed E-state index contributed by atoms with van der Waals surface area (Å²) < 4.78 is 0.742. The third kappa shape index (κ3) is 3.43. The third-order valence-electron chi connectivity index (χ3n) is 1.85. The molecule has 0 aliphatic heterocycles. The zero-order valence-corrected chi connectivity index (χ0v) is 9.07. The number of aromatic nitrogens is 1. The van der Waals surface area contributed by atoms with Crippen LogP contribution in [0.4, 0.5) is 0 Å². The number of rotatable bonds is 4. The Morgan fingerprint density at radius 1 is 1.64 bits per heavy atom. The third-order valence-corrected chi connectivity index (χ3v) is 2.32.